The average molecular weight is 400 g/mol. The molecule has 0 aromatic heterocycles. The van der Waals surface area contributed by atoms with E-state index in [0.29, 0.717) is 21.6 Å². The van der Waals surface area contributed by atoms with Gasteiger partial charge in [0.25, 0.3) is 5.91 Å². The fraction of sp³-hybridized carbons (Fsp3) is 0.400. The highest BCUT2D eigenvalue weighted by molar-refractivity contribution is 8.16. The van der Waals surface area contributed by atoms with Crippen LogP contribution in [0.25, 0.3) is 0 Å². The van der Waals surface area contributed by atoms with Crippen molar-refractivity contribution in [2.45, 2.75) is 17.7 Å². The van der Waals surface area contributed by atoms with Gasteiger partial charge in [0.2, 0.25) is 0 Å². The van der Waals surface area contributed by atoms with Crippen LogP contribution < -0.4 is 9.64 Å². The number of halogens is 1. The first-order chi connectivity index (χ1) is 11.8. The number of benzene rings is 1. The Hall–Kier alpha value is -1.76. The van der Waals surface area contributed by atoms with E-state index in [1.165, 1.54) is 18.9 Å². The summed E-state index contributed by atoms with van der Waals surface area (Å²) in [6.45, 7) is 0. The maximum Gasteiger partial charge on any atom is 0.262 e. The van der Waals surface area contributed by atoms with Crippen molar-refractivity contribution >= 4 is 50.0 Å². The molecule has 1 amide bonds. The summed E-state index contributed by atoms with van der Waals surface area (Å²) in [5, 5.41) is 9.25. The standard InChI is InChI=1S/C15H14ClN3O4S2/c1-23-12-3-2-9(16)6-10(12)19-11-7-25(21,22)8-13(11)24-15(19)18-14(20)4-5-17/h2-3,6,11,13H,4,7-8H2,1H3/t11-,13+/m0/s1. The third-order valence-electron chi connectivity index (χ3n) is 3.92. The molecule has 0 saturated carbocycles. The summed E-state index contributed by atoms with van der Waals surface area (Å²) in [6, 6.07) is 6.39. The summed E-state index contributed by atoms with van der Waals surface area (Å²) in [7, 11) is -1.67. The second-order valence-corrected chi connectivity index (χ2v) is 9.41. The van der Waals surface area contributed by atoms with Gasteiger partial charge in [-0.25, -0.2) is 8.42 Å². The second kappa shape index (κ2) is 6.86. The van der Waals surface area contributed by atoms with Gasteiger partial charge in [-0.05, 0) is 18.2 Å². The summed E-state index contributed by atoms with van der Waals surface area (Å²) in [4.78, 5) is 17.5. The van der Waals surface area contributed by atoms with Crippen LogP contribution in [0.15, 0.2) is 23.2 Å². The number of sulfone groups is 1. The molecule has 132 valence electrons. The molecule has 2 saturated heterocycles. The van der Waals surface area contributed by atoms with Crippen LogP contribution in [0.5, 0.6) is 5.75 Å². The molecular weight excluding hydrogens is 386 g/mol. The molecule has 2 fully saturated rings. The summed E-state index contributed by atoms with van der Waals surface area (Å²) in [5.41, 5.74) is 0.551. The van der Waals surface area contributed by atoms with E-state index in [1.54, 1.807) is 29.2 Å². The molecule has 0 aliphatic carbocycles. The van der Waals surface area contributed by atoms with Crippen LogP contribution in [0.2, 0.25) is 5.02 Å². The number of methoxy groups -OCH3 is 1. The molecule has 0 radical (unpaired) electrons. The zero-order chi connectivity index (χ0) is 18.2. The highest BCUT2D eigenvalue weighted by Crippen LogP contribution is 2.44. The van der Waals surface area contributed by atoms with E-state index in [1.807, 2.05) is 0 Å². The maximum absolute atomic E-state index is 12.0. The van der Waals surface area contributed by atoms with E-state index in [9.17, 15) is 13.2 Å². The topological polar surface area (TPSA) is 99.8 Å². The van der Waals surface area contributed by atoms with Gasteiger partial charge in [0, 0.05) is 10.3 Å². The third-order valence-corrected chi connectivity index (χ3v) is 7.36. The fourth-order valence-electron chi connectivity index (χ4n) is 2.91. The molecule has 0 N–H and O–H groups in total. The van der Waals surface area contributed by atoms with E-state index in [4.69, 9.17) is 21.6 Å². The molecule has 0 bridgehead atoms. The number of fused-ring (bicyclic) bond motifs is 1. The van der Waals surface area contributed by atoms with Gasteiger partial charge in [0.1, 0.15) is 12.2 Å². The van der Waals surface area contributed by atoms with Gasteiger partial charge in [-0.3, -0.25) is 4.79 Å². The quantitative estimate of drug-likeness (QED) is 0.764. The minimum absolute atomic E-state index is 0.0210. The van der Waals surface area contributed by atoms with Gasteiger partial charge in [-0.15, -0.1) is 0 Å². The molecule has 2 heterocycles. The SMILES string of the molecule is COc1ccc(Cl)cc1N1C(=NC(=O)CC#N)S[C@@H]2CS(=O)(=O)C[C@@H]21. The largest absolute Gasteiger partial charge is 0.495 e. The Morgan fingerprint density at radius 2 is 2.28 bits per heavy atom. The van der Waals surface area contributed by atoms with E-state index in [-0.39, 0.29) is 29.2 Å². The van der Waals surface area contributed by atoms with Crippen molar-refractivity contribution in [2.75, 3.05) is 23.5 Å². The first kappa shape index (κ1) is 18.0. The number of aliphatic imine (C=N–C) groups is 1. The van der Waals surface area contributed by atoms with Crippen molar-refractivity contribution in [3.05, 3.63) is 23.2 Å². The Labute approximate surface area is 154 Å². The first-order valence-electron chi connectivity index (χ1n) is 7.33. The smallest absolute Gasteiger partial charge is 0.262 e. The highest BCUT2D eigenvalue weighted by Gasteiger charge is 2.50. The van der Waals surface area contributed by atoms with Crippen molar-refractivity contribution in [1.29, 1.82) is 5.26 Å². The lowest BCUT2D eigenvalue weighted by Crippen LogP contribution is -2.38. The zero-order valence-electron chi connectivity index (χ0n) is 13.2. The number of nitrogens with zero attached hydrogens (tertiary/aromatic N) is 3. The lowest BCUT2D eigenvalue weighted by atomic mass is 10.2. The fourth-order valence-corrected chi connectivity index (χ4v) is 7.00. The zero-order valence-corrected chi connectivity index (χ0v) is 15.6. The molecule has 1 aromatic carbocycles. The predicted molar refractivity (Wildman–Crippen MR) is 97.0 cm³/mol. The number of amides is 1. The lowest BCUT2D eigenvalue weighted by molar-refractivity contribution is -0.116. The molecule has 2 atom stereocenters. The normalized spacial score (nSPS) is 25.6. The van der Waals surface area contributed by atoms with Crippen molar-refractivity contribution < 1.29 is 17.9 Å². The molecule has 0 spiro atoms. The summed E-state index contributed by atoms with van der Waals surface area (Å²) in [5.74, 6) is -0.0897. The Balaban J connectivity index is 2.09. The molecular formula is C15H14ClN3O4S2. The van der Waals surface area contributed by atoms with E-state index < -0.39 is 15.7 Å². The van der Waals surface area contributed by atoms with Crippen LogP contribution in [-0.2, 0) is 14.6 Å². The molecule has 10 heteroatoms. The molecule has 1 aromatic rings. The number of rotatable bonds is 3. The number of anilines is 1. The number of hydrogen-bond acceptors (Lipinski definition) is 6. The molecule has 25 heavy (non-hydrogen) atoms. The Morgan fingerprint density at radius 1 is 1.52 bits per heavy atom. The van der Waals surface area contributed by atoms with E-state index >= 15 is 0 Å². The van der Waals surface area contributed by atoms with Gasteiger partial charge in [0.15, 0.2) is 15.0 Å². The highest BCUT2D eigenvalue weighted by atomic mass is 35.5. The van der Waals surface area contributed by atoms with Gasteiger partial charge in [-0.1, -0.05) is 23.4 Å². The minimum Gasteiger partial charge on any atom is -0.495 e. The van der Waals surface area contributed by atoms with Crippen molar-refractivity contribution in [2.24, 2.45) is 4.99 Å². The van der Waals surface area contributed by atoms with Gasteiger partial charge in [-0.2, -0.15) is 10.3 Å². The molecule has 0 unspecified atom stereocenters. The monoisotopic (exact) mass is 399 g/mol. The Bertz CT molecular complexity index is 895. The van der Waals surface area contributed by atoms with Gasteiger partial charge in [0.05, 0.1) is 36.4 Å². The lowest BCUT2D eigenvalue weighted by Gasteiger charge is -2.26. The summed E-state index contributed by atoms with van der Waals surface area (Å²) in [6.07, 6.45) is -0.335. The van der Waals surface area contributed by atoms with Crippen LogP contribution in [0.4, 0.5) is 5.69 Å². The number of ether oxygens (including phenoxy) is 1. The average Bonchev–Trinajstić information content (AvgIpc) is 2.98. The number of carbonyl (C=O) groups excluding carboxylic acids is 1. The van der Waals surface area contributed by atoms with Crippen LogP contribution >= 0.6 is 23.4 Å². The second-order valence-electron chi connectivity index (χ2n) is 5.61. The minimum atomic E-state index is -3.17. The van der Waals surface area contributed by atoms with Crippen LogP contribution in [-0.4, -0.2) is 49.4 Å². The number of amidine groups is 1. The van der Waals surface area contributed by atoms with E-state index in [0.717, 1.165) is 0 Å². The van der Waals surface area contributed by atoms with Crippen LogP contribution in [0.3, 0.4) is 0 Å². The van der Waals surface area contributed by atoms with Crippen molar-refractivity contribution in [3.8, 4) is 11.8 Å². The Kier molecular flexibility index (Phi) is 4.95. The van der Waals surface area contributed by atoms with Crippen LogP contribution in [0, 0.1) is 11.3 Å². The summed E-state index contributed by atoms with van der Waals surface area (Å²) >= 11 is 7.33. The van der Waals surface area contributed by atoms with Gasteiger partial charge >= 0.3 is 0 Å². The molecule has 2 aliphatic rings. The molecule has 2 aliphatic heterocycles. The third kappa shape index (κ3) is 3.61. The summed E-state index contributed by atoms with van der Waals surface area (Å²) < 4.78 is 29.4. The number of thioether (sulfide) groups is 1. The number of carbonyl (C=O) groups is 1. The number of hydrogen-bond donors (Lipinski definition) is 0. The number of nitriles is 1. The maximum atomic E-state index is 12.0. The first-order valence-corrected chi connectivity index (χ1v) is 10.4. The van der Waals surface area contributed by atoms with Crippen molar-refractivity contribution in [3.63, 3.8) is 0 Å². The molecule has 7 nitrogen and oxygen atoms in total. The molecule has 3 rings (SSSR count). The van der Waals surface area contributed by atoms with Gasteiger partial charge < -0.3 is 9.64 Å². The van der Waals surface area contributed by atoms with Crippen LogP contribution in [0.1, 0.15) is 6.42 Å². The predicted octanol–water partition coefficient (Wildman–Crippen LogP) is 1.86. The van der Waals surface area contributed by atoms with E-state index in [2.05, 4.69) is 4.99 Å². The van der Waals surface area contributed by atoms with Crippen molar-refractivity contribution in [1.82, 2.24) is 0 Å². The Morgan fingerprint density at radius 3 is 2.96 bits per heavy atom.